The average Bonchev–Trinajstić information content (AvgIpc) is 2.80. The van der Waals surface area contributed by atoms with Crippen molar-refractivity contribution in [2.75, 3.05) is 6.54 Å². The summed E-state index contributed by atoms with van der Waals surface area (Å²) in [5, 5.41) is 3.46. The maximum Gasteiger partial charge on any atom is 0.435 e. The normalized spacial score (nSPS) is 25.7. The summed E-state index contributed by atoms with van der Waals surface area (Å²) in [7, 11) is 1.54. The summed E-state index contributed by atoms with van der Waals surface area (Å²) in [6, 6.07) is 1.13. The van der Waals surface area contributed by atoms with Gasteiger partial charge in [0.05, 0.1) is 0 Å². The van der Waals surface area contributed by atoms with Gasteiger partial charge in [0.1, 0.15) is 0 Å². The molecule has 2 rings (SSSR count). The van der Waals surface area contributed by atoms with E-state index in [1.54, 1.807) is 0 Å². The molecule has 6 heteroatoms. The molecule has 0 bridgehead atoms. The lowest BCUT2D eigenvalue weighted by atomic mass is 10.2. The molecule has 1 aromatic rings. The van der Waals surface area contributed by atoms with Crippen LogP contribution in [0.4, 0.5) is 13.2 Å². The zero-order valence-corrected chi connectivity index (χ0v) is 8.25. The zero-order chi connectivity index (χ0) is 11.2. The highest BCUT2D eigenvalue weighted by Gasteiger charge is 2.42. The van der Waals surface area contributed by atoms with Crippen LogP contribution in [-0.4, -0.2) is 16.3 Å². The van der Waals surface area contributed by atoms with Crippen molar-refractivity contribution in [1.29, 1.82) is 0 Å². The highest BCUT2D eigenvalue weighted by atomic mass is 19.4. The van der Waals surface area contributed by atoms with Gasteiger partial charge in [0, 0.05) is 18.7 Å². The number of halogens is 3. The number of aryl methyl sites for hydroxylation is 1. The lowest BCUT2D eigenvalue weighted by Crippen LogP contribution is -2.06. The lowest BCUT2D eigenvalue weighted by molar-refractivity contribution is -0.141. The molecule has 3 nitrogen and oxygen atoms in total. The van der Waals surface area contributed by atoms with Gasteiger partial charge >= 0.3 is 6.18 Å². The van der Waals surface area contributed by atoms with Gasteiger partial charge in [-0.05, 0) is 24.9 Å². The molecule has 84 valence electrons. The topological polar surface area (TPSA) is 43.8 Å². The fourth-order valence-electron chi connectivity index (χ4n) is 1.84. The Bertz CT molecular complexity index is 369. The summed E-state index contributed by atoms with van der Waals surface area (Å²) < 4.78 is 38.3. The van der Waals surface area contributed by atoms with Crippen LogP contribution in [0.5, 0.6) is 0 Å². The average molecular weight is 219 g/mol. The van der Waals surface area contributed by atoms with E-state index in [0.717, 1.165) is 12.5 Å². The number of aromatic nitrogens is 2. The molecule has 0 spiro atoms. The first kappa shape index (κ1) is 10.5. The van der Waals surface area contributed by atoms with E-state index in [9.17, 15) is 13.2 Å². The first-order valence-electron chi connectivity index (χ1n) is 4.74. The van der Waals surface area contributed by atoms with Gasteiger partial charge in [0.25, 0.3) is 0 Å². The van der Waals surface area contributed by atoms with Gasteiger partial charge in [-0.2, -0.15) is 18.3 Å². The van der Waals surface area contributed by atoms with Crippen molar-refractivity contribution in [1.82, 2.24) is 9.78 Å². The lowest BCUT2D eigenvalue weighted by Gasteiger charge is -1.99. The maximum absolute atomic E-state index is 12.3. The first-order chi connectivity index (χ1) is 6.93. The number of hydrogen-bond donors (Lipinski definition) is 1. The van der Waals surface area contributed by atoms with Crippen molar-refractivity contribution in [3.8, 4) is 0 Å². The monoisotopic (exact) mass is 219 g/mol. The SMILES string of the molecule is Cn1nc(C(F)(F)F)cc1[C@@H]1C[C@H]1CN. The predicted molar refractivity (Wildman–Crippen MR) is 48.1 cm³/mol. The Morgan fingerprint density at radius 3 is 2.67 bits per heavy atom. The highest BCUT2D eigenvalue weighted by molar-refractivity contribution is 5.23. The Balaban J connectivity index is 2.24. The Labute approximate surface area is 85.1 Å². The molecule has 0 unspecified atom stereocenters. The smallest absolute Gasteiger partial charge is 0.330 e. The van der Waals surface area contributed by atoms with Crippen LogP contribution in [0.25, 0.3) is 0 Å². The summed E-state index contributed by atoms with van der Waals surface area (Å²) in [6.45, 7) is 0.525. The van der Waals surface area contributed by atoms with Crippen molar-refractivity contribution in [3.05, 3.63) is 17.5 Å². The Hall–Kier alpha value is -1.04. The molecule has 1 fully saturated rings. The molecular weight excluding hydrogens is 207 g/mol. The third-order valence-electron chi connectivity index (χ3n) is 2.81. The summed E-state index contributed by atoms with van der Waals surface area (Å²) in [5.41, 5.74) is 5.27. The van der Waals surface area contributed by atoms with E-state index in [1.165, 1.54) is 11.7 Å². The Morgan fingerprint density at radius 2 is 2.27 bits per heavy atom. The molecule has 1 aliphatic rings. The van der Waals surface area contributed by atoms with Crippen molar-refractivity contribution >= 4 is 0 Å². The third-order valence-corrected chi connectivity index (χ3v) is 2.81. The second-order valence-corrected chi connectivity index (χ2v) is 3.91. The van der Waals surface area contributed by atoms with Crippen LogP contribution in [0.15, 0.2) is 6.07 Å². The van der Waals surface area contributed by atoms with E-state index in [1.807, 2.05) is 0 Å². The van der Waals surface area contributed by atoms with Crippen LogP contribution in [0.3, 0.4) is 0 Å². The number of nitrogens with zero attached hydrogens (tertiary/aromatic N) is 2. The van der Waals surface area contributed by atoms with Crippen LogP contribution in [0.2, 0.25) is 0 Å². The second-order valence-electron chi connectivity index (χ2n) is 3.91. The van der Waals surface area contributed by atoms with Gasteiger partial charge < -0.3 is 5.73 Å². The minimum absolute atomic E-state index is 0.156. The van der Waals surface area contributed by atoms with Crippen molar-refractivity contribution in [3.63, 3.8) is 0 Å². The van der Waals surface area contributed by atoms with Gasteiger partial charge in [-0.15, -0.1) is 0 Å². The minimum atomic E-state index is -4.36. The number of rotatable bonds is 2. The van der Waals surface area contributed by atoms with Crippen LogP contribution in [0.1, 0.15) is 23.7 Å². The molecule has 1 aromatic heterocycles. The van der Waals surface area contributed by atoms with Crippen molar-refractivity contribution < 1.29 is 13.2 Å². The van der Waals surface area contributed by atoms with E-state index < -0.39 is 11.9 Å². The molecule has 2 N–H and O–H groups in total. The van der Waals surface area contributed by atoms with E-state index in [2.05, 4.69) is 5.10 Å². The molecule has 2 atom stereocenters. The van der Waals surface area contributed by atoms with Crippen LogP contribution in [-0.2, 0) is 13.2 Å². The van der Waals surface area contributed by atoms with Gasteiger partial charge in [-0.3, -0.25) is 4.68 Å². The minimum Gasteiger partial charge on any atom is -0.330 e. The summed E-state index contributed by atoms with van der Waals surface area (Å²) >= 11 is 0. The van der Waals surface area contributed by atoms with E-state index in [4.69, 9.17) is 5.73 Å². The summed E-state index contributed by atoms with van der Waals surface area (Å²) in [5.74, 6) is 0.477. The summed E-state index contributed by atoms with van der Waals surface area (Å²) in [4.78, 5) is 0. The fourth-order valence-corrected chi connectivity index (χ4v) is 1.84. The van der Waals surface area contributed by atoms with Crippen molar-refractivity contribution in [2.45, 2.75) is 18.5 Å². The van der Waals surface area contributed by atoms with E-state index >= 15 is 0 Å². The Morgan fingerprint density at radius 1 is 1.60 bits per heavy atom. The summed E-state index contributed by atoms with van der Waals surface area (Å²) in [6.07, 6.45) is -3.49. The molecule has 0 aliphatic heterocycles. The zero-order valence-electron chi connectivity index (χ0n) is 8.25. The molecule has 1 saturated carbocycles. The number of nitrogens with two attached hydrogens (primary N) is 1. The fraction of sp³-hybridized carbons (Fsp3) is 0.667. The Kier molecular flexibility index (Phi) is 2.26. The first-order valence-corrected chi connectivity index (χ1v) is 4.74. The molecular formula is C9H12F3N3. The van der Waals surface area contributed by atoms with Crippen LogP contribution in [0, 0.1) is 5.92 Å². The number of alkyl halides is 3. The molecule has 0 saturated heterocycles. The van der Waals surface area contributed by atoms with Gasteiger partial charge in [0.2, 0.25) is 0 Å². The van der Waals surface area contributed by atoms with Crippen molar-refractivity contribution in [2.24, 2.45) is 18.7 Å². The molecule has 0 amide bonds. The molecule has 0 aromatic carbocycles. The largest absolute Gasteiger partial charge is 0.435 e. The van der Waals surface area contributed by atoms with Gasteiger partial charge in [0.15, 0.2) is 5.69 Å². The molecule has 0 radical (unpaired) electrons. The third kappa shape index (κ3) is 1.86. The molecule has 1 heterocycles. The second kappa shape index (κ2) is 3.23. The maximum atomic E-state index is 12.3. The van der Waals surface area contributed by atoms with Crippen LogP contribution < -0.4 is 5.73 Å². The van der Waals surface area contributed by atoms with E-state index in [-0.39, 0.29) is 5.92 Å². The van der Waals surface area contributed by atoms with Crippen LogP contribution >= 0.6 is 0 Å². The number of hydrogen-bond acceptors (Lipinski definition) is 2. The standard InChI is InChI=1S/C9H12F3N3/c1-15-7(6-2-5(6)4-13)3-8(14-15)9(10,11)12/h3,5-6H,2,4,13H2,1H3/t5-,6+/m0/s1. The quantitative estimate of drug-likeness (QED) is 0.819. The van der Waals surface area contributed by atoms with E-state index in [0.29, 0.717) is 18.2 Å². The predicted octanol–water partition coefficient (Wildman–Crippen LogP) is 1.50. The highest BCUT2D eigenvalue weighted by Crippen LogP contribution is 2.47. The van der Waals surface area contributed by atoms with Gasteiger partial charge in [-0.1, -0.05) is 0 Å². The van der Waals surface area contributed by atoms with Gasteiger partial charge in [-0.25, -0.2) is 0 Å². The molecule has 1 aliphatic carbocycles. The molecule has 15 heavy (non-hydrogen) atoms.